The van der Waals surface area contributed by atoms with Crippen molar-refractivity contribution in [1.29, 1.82) is 0 Å². The van der Waals surface area contributed by atoms with Gasteiger partial charge >= 0.3 is 23.9 Å². The summed E-state index contributed by atoms with van der Waals surface area (Å²) in [4.78, 5) is 61.0. The lowest BCUT2D eigenvalue weighted by atomic mass is 9.82. The van der Waals surface area contributed by atoms with E-state index in [2.05, 4.69) is 13.8 Å². The van der Waals surface area contributed by atoms with Gasteiger partial charge in [0.15, 0.2) is 82.8 Å². The minimum Gasteiger partial charge on any atom is -0.492 e. The predicted octanol–water partition coefficient (Wildman–Crippen LogP) is 14.7. The Morgan fingerprint density at radius 1 is 0.459 bits per heavy atom. The maximum absolute atomic E-state index is 12.1. The van der Waals surface area contributed by atoms with Gasteiger partial charge in [0.25, 0.3) is 0 Å². The van der Waals surface area contributed by atoms with Gasteiger partial charge in [0, 0.05) is 72.5 Å². The Kier molecular flexibility index (Phi) is 34.9. The van der Waals surface area contributed by atoms with E-state index in [0.29, 0.717) is 82.8 Å². The van der Waals surface area contributed by atoms with Gasteiger partial charge in [0.2, 0.25) is 12.0 Å². The average Bonchev–Trinajstić information content (AvgIpc) is 1.62. The molecule has 7 aromatic carbocycles. The zero-order valence-corrected chi connectivity index (χ0v) is 84.0. The molecule has 4 heterocycles. The van der Waals surface area contributed by atoms with Crippen LogP contribution in [0.3, 0.4) is 0 Å². The summed E-state index contributed by atoms with van der Waals surface area (Å²) in [7, 11) is -19.5. The molecule has 732 valence electrons. The molecule has 6 unspecified atom stereocenters. The van der Waals surface area contributed by atoms with Crippen LogP contribution in [-0.2, 0) is 126 Å². The van der Waals surface area contributed by atoms with E-state index >= 15 is 0 Å². The van der Waals surface area contributed by atoms with Crippen LogP contribution in [0.25, 0.3) is 27.9 Å². The monoisotopic (exact) mass is 2000 g/mol. The molecule has 8 aliphatic rings. The lowest BCUT2D eigenvalue weighted by molar-refractivity contribution is -0.148. The number of aliphatic hydroxyl groups excluding tert-OH is 2. The van der Waals surface area contributed by atoms with Gasteiger partial charge < -0.3 is 58.0 Å². The lowest BCUT2D eigenvalue weighted by Crippen LogP contribution is -2.25. The van der Waals surface area contributed by atoms with Crippen LogP contribution < -0.4 is 0 Å². The number of sulfone groups is 6. The first-order chi connectivity index (χ1) is 62.9. The number of halogens is 1. The number of aliphatic carboxylic acids is 1. The molecule has 4 aliphatic carbocycles. The fourth-order valence-electron chi connectivity index (χ4n) is 15.7. The van der Waals surface area contributed by atoms with Gasteiger partial charge in [-0.2, -0.15) is 0 Å². The molecule has 0 aromatic heterocycles. The number of carbonyl (C=O) groups is 5. The molecular weight excluding hydrogens is 1880 g/mol. The molecule has 0 amide bonds. The third kappa shape index (κ3) is 29.2. The summed E-state index contributed by atoms with van der Waals surface area (Å²) in [6.07, 6.45) is 13.5. The van der Waals surface area contributed by atoms with Crippen molar-refractivity contribution in [3.8, 4) is 0 Å². The number of allylic oxidation sites excluding steroid dienone is 2. The van der Waals surface area contributed by atoms with E-state index in [1.165, 1.54) is 99.2 Å². The summed E-state index contributed by atoms with van der Waals surface area (Å²) < 4.78 is 188. The van der Waals surface area contributed by atoms with Gasteiger partial charge in [-0.25, -0.2) is 69.7 Å². The molecule has 0 bridgehead atoms. The van der Waals surface area contributed by atoms with Crippen molar-refractivity contribution in [3.05, 3.63) is 231 Å². The first kappa shape index (κ1) is 107. The number of Topliss-reactive ketones (excluding diaryl/α,β-unsaturated/α-hetero) is 1. The molecule has 6 atom stereocenters. The van der Waals surface area contributed by atoms with Gasteiger partial charge in [-0.15, -0.1) is 0 Å². The van der Waals surface area contributed by atoms with Gasteiger partial charge in [-0.05, 0) is 240 Å². The number of carboxylic acid groups (broad SMARTS) is 1. The highest BCUT2D eigenvalue weighted by Crippen LogP contribution is 2.50. The Morgan fingerprint density at radius 3 is 1.19 bits per heavy atom. The predicted molar refractivity (Wildman–Crippen MR) is 508 cm³/mol. The van der Waals surface area contributed by atoms with Crippen LogP contribution >= 0.6 is 11.6 Å². The average molecular weight is 2000 g/mol. The van der Waals surface area contributed by atoms with Crippen molar-refractivity contribution in [1.82, 2.24) is 0 Å². The van der Waals surface area contributed by atoms with Crippen molar-refractivity contribution in [2.75, 3.05) is 77.2 Å². The molecule has 3 saturated carbocycles. The smallest absolute Gasteiger partial charge is 0.374 e. The second-order valence-corrected chi connectivity index (χ2v) is 49.1. The Balaban J connectivity index is 0.000000168. The zero-order chi connectivity index (χ0) is 99.6. The zero-order valence-electron chi connectivity index (χ0n) is 78.3. The van der Waals surface area contributed by atoms with E-state index in [-0.39, 0.29) is 89.9 Å². The Morgan fingerprint density at radius 2 is 0.815 bits per heavy atom. The summed E-state index contributed by atoms with van der Waals surface area (Å²) >= 11 is 5.83. The maximum atomic E-state index is 12.1. The van der Waals surface area contributed by atoms with Crippen LogP contribution in [-0.4, -0.2) is 215 Å². The molecule has 5 fully saturated rings. The van der Waals surface area contributed by atoms with Crippen LogP contribution in [0.1, 0.15) is 178 Å². The van der Waals surface area contributed by atoms with Crippen molar-refractivity contribution >= 4 is 128 Å². The van der Waals surface area contributed by atoms with E-state index in [4.69, 9.17) is 54.2 Å². The highest BCUT2D eigenvalue weighted by Gasteiger charge is 2.47. The minimum absolute atomic E-state index is 0.00475. The Hall–Kier alpha value is -9.76. The fourth-order valence-corrected chi connectivity index (χ4v) is 19.6. The summed E-state index contributed by atoms with van der Waals surface area (Å²) in [5, 5.41) is 30.5. The quantitative estimate of drug-likeness (QED) is 0.0163. The molecular formula is C99H119ClO29S6. The summed E-state index contributed by atoms with van der Waals surface area (Å²) in [5.41, 5.74) is 5.28. The normalized spacial score (nSPS) is 20.9. The highest BCUT2D eigenvalue weighted by molar-refractivity contribution is 7.92. The van der Waals surface area contributed by atoms with Crippen LogP contribution in [0.2, 0.25) is 5.02 Å². The van der Waals surface area contributed by atoms with Crippen LogP contribution in [0.5, 0.6) is 0 Å². The number of hydrogen-bond donors (Lipinski definition) is 3. The molecule has 2 saturated heterocycles. The van der Waals surface area contributed by atoms with Crippen molar-refractivity contribution < 1.29 is 132 Å². The molecule has 0 spiro atoms. The number of esters is 3. The van der Waals surface area contributed by atoms with Crippen molar-refractivity contribution in [2.24, 2.45) is 23.2 Å². The highest BCUT2D eigenvalue weighted by atomic mass is 35.5. The number of ether oxygens (including phenoxy) is 9. The third-order valence-electron chi connectivity index (χ3n) is 23.2. The Labute approximate surface area is 796 Å². The summed E-state index contributed by atoms with van der Waals surface area (Å²) in [6.45, 7) is 21.3. The standard InChI is InChI=1S/C18H15ClO5S.C17H22O5S.C17H20O5S.C17H24O4S.C16H20O5S.C14H18O5S/c1-11(20)16(12-5-9-15(10-6-12)25(2,23)24)17(18(21)22)13-3-7-14(19)8-4-13;2*1-17(2)14(12-6-8-13(9-7-12)23(3,19)20)15(16(18)22-17)21-10-11-4-5-11;1-11(2)21-16-14(18)10-17(3,4)15(16)12-6-8-13(9-7-12)22(5,19)20;1-22(18,19)13-6-4-12(5-7-13)14-10-21-16(17)15(14)20-9-8-11-2-3-11;1-3-8-18-13-12(9-19-14(13)15)10-4-6-11(7-5-10)20(2,16)17/h3-10H,1-2H3,(H,21,22);6-9,11,16,18H,4-5,10H2,1-3H3;6-9,11H,4-5,10H2,1-3H3;6-9,11,14,18H,10H2,1-5H3;4-7,11,14-15H,2-3,8-10H2,1H3;4-7,12-13H,3,8-9H2,1-2H3/b17-16+;;;;;. The summed E-state index contributed by atoms with van der Waals surface area (Å²) in [6, 6.07) is 44.6. The Bertz CT molecular complexity index is 6350. The molecule has 7 aromatic rings. The van der Waals surface area contributed by atoms with E-state index in [1.807, 2.05) is 34.6 Å². The maximum Gasteiger partial charge on any atom is 0.374 e. The third-order valence-corrected chi connectivity index (χ3v) is 30.2. The number of carbonyl (C=O) groups excluding carboxylic acids is 4. The largest absolute Gasteiger partial charge is 0.492 e. The number of ketones is 1. The topological polar surface area (TPSA) is 434 Å². The fraction of sp³-hybridized carbons (Fsp3) is 0.444. The van der Waals surface area contributed by atoms with Crippen LogP contribution in [0, 0.1) is 23.2 Å². The number of benzene rings is 7. The molecule has 4 aliphatic heterocycles. The number of rotatable bonds is 30. The van der Waals surface area contributed by atoms with Gasteiger partial charge in [-0.1, -0.05) is 130 Å². The van der Waals surface area contributed by atoms with Gasteiger partial charge in [0.1, 0.15) is 30.7 Å². The van der Waals surface area contributed by atoms with E-state index < -0.39 is 113 Å². The molecule has 36 heteroatoms. The number of carboxylic acids is 1. The first-order valence-electron chi connectivity index (χ1n) is 43.9. The molecule has 15 rings (SSSR count). The second-order valence-electron chi connectivity index (χ2n) is 36.6. The molecule has 29 nitrogen and oxygen atoms in total. The van der Waals surface area contributed by atoms with Crippen LogP contribution in [0.15, 0.2) is 217 Å². The molecule has 3 N–H and O–H groups in total. The van der Waals surface area contributed by atoms with Gasteiger partial charge in [-0.3, -0.25) is 4.79 Å². The van der Waals surface area contributed by atoms with E-state index in [9.17, 15) is 89.8 Å². The van der Waals surface area contributed by atoms with E-state index in [0.717, 1.165) is 102 Å². The number of aliphatic hydroxyl groups is 2. The van der Waals surface area contributed by atoms with Gasteiger partial charge in [0.05, 0.1) is 77.3 Å². The first-order valence-corrected chi connectivity index (χ1v) is 55.7. The SMILES string of the molecule is CC(=O)/C(=C(\C(=O)O)c1ccc(Cl)cc1)c1ccc(S(C)(=O)=O)cc1.CC(C)OC1=C(c2ccc(S(C)(=O)=O)cc2)C(C)(C)CC1O.CC1(C)OC(=O)C(OCC2CC2)=C1c1ccc(S(C)(=O)=O)cc1.CC1(C)OC(O)C(OCC2CC2)=C1c1ccc(S(C)(=O)=O)cc1.CCCOC1C(=O)OCC1c1ccc(S(C)(=O)=O)cc1.CS(=O)(=O)c1ccc(C2COC(=O)C2OCCC2CC2)cc1. The van der Waals surface area contributed by atoms with Crippen LogP contribution in [0.4, 0.5) is 0 Å². The van der Waals surface area contributed by atoms with E-state index in [1.54, 1.807) is 123 Å². The lowest BCUT2D eigenvalue weighted by Gasteiger charge is -2.23. The molecule has 0 radical (unpaired) electrons. The number of cyclic esters (lactones) is 3. The summed E-state index contributed by atoms with van der Waals surface area (Å²) in [5.74, 6) is -0.0659. The number of hydrogen-bond acceptors (Lipinski definition) is 28. The second kappa shape index (κ2) is 43.9. The minimum atomic E-state index is -3.39. The van der Waals surface area contributed by atoms with Crippen molar-refractivity contribution in [3.63, 3.8) is 0 Å². The molecule has 135 heavy (non-hydrogen) atoms. The van der Waals surface area contributed by atoms with Crippen molar-refractivity contribution in [2.45, 2.75) is 210 Å².